The van der Waals surface area contributed by atoms with Gasteiger partial charge in [-0.2, -0.15) is 4.31 Å². The maximum Gasteiger partial charge on any atom is 0.248 e. The molecule has 3 heterocycles. The second kappa shape index (κ2) is 7.39. The number of amides is 1. The van der Waals surface area contributed by atoms with E-state index in [0.29, 0.717) is 37.0 Å². The topological polar surface area (TPSA) is 122 Å². The quantitative estimate of drug-likeness (QED) is 0.765. The number of carbonyl (C=O) groups is 1. The zero-order valence-electron chi connectivity index (χ0n) is 14.7. The average molecular weight is 400 g/mol. The molecule has 1 aliphatic rings. The van der Waals surface area contributed by atoms with Gasteiger partial charge in [-0.15, -0.1) is 10.2 Å². The summed E-state index contributed by atoms with van der Waals surface area (Å²) in [7, 11) is -3.64. The maximum atomic E-state index is 12.8. The Morgan fingerprint density at radius 2 is 1.88 bits per heavy atom. The number of nitrogens with zero attached hydrogens (tertiary/aromatic N) is 5. The van der Waals surface area contributed by atoms with Gasteiger partial charge >= 0.3 is 0 Å². The highest BCUT2D eigenvalue weighted by Gasteiger charge is 2.33. The second-order valence-corrected chi connectivity index (χ2v) is 9.06. The molecule has 26 heavy (non-hydrogen) atoms. The van der Waals surface area contributed by atoms with Crippen LogP contribution in [-0.2, 0) is 14.8 Å². The normalized spacial score (nSPS) is 16.7. The fourth-order valence-electron chi connectivity index (χ4n) is 2.81. The van der Waals surface area contributed by atoms with Gasteiger partial charge < -0.3 is 4.52 Å². The van der Waals surface area contributed by atoms with Crippen molar-refractivity contribution in [1.29, 1.82) is 0 Å². The molecule has 2 aromatic rings. The Kier molecular flexibility index (Phi) is 5.37. The first-order chi connectivity index (χ1) is 12.3. The zero-order chi connectivity index (χ0) is 18.9. The van der Waals surface area contributed by atoms with Gasteiger partial charge in [-0.3, -0.25) is 15.0 Å². The van der Waals surface area contributed by atoms with Gasteiger partial charge in [0.2, 0.25) is 21.1 Å². The lowest BCUT2D eigenvalue weighted by Gasteiger charge is -2.33. The predicted octanol–water partition coefficient (Wildman–Crippen LogP) is 0.396. The zero-order valence-corrected chi connectivity index (χ0v) is 16.4. The van der Waals surface area contributed by atoms with Gasteiger partial charge in [0.25, 0.3) is 0 Å². The first kappa shape index (κ1) is 18.9. The Balaban J connectivity index is 1.56. The van der Waals surface area contributed by atoms with Crippen molar-refractivity contribution in [2.24, 2.45) is 0 Å². The molecule has 1 N–H and O–H groups in total. The summed E-state index contributed by atoms with van der Waals surface area (Å²) in [6, 6.07) is 0. The van der Waals surface area contributed by atoms with Crippen LogP contribution < -0.4 is 5.32 Å². The second-order valence-electron chi connectivity index (χ2n) is 6.01. The number of hydrogen-bond acceptors (Lipinski definition) is 9. The molecule has 10 nitrogen and oxygen atoms in total. The minimum absolute atomic E-state index is 0.135. The van der Waals surface area contributed by atoms with E-state index in [1.807, 2.05) is 11.8 Å². The van der Waals surface area contributed by atoms with E-state index in [1.165, 1.54) is 15.6 Å². The molecule has 0 saturated carbocycles. The van der Waals surface area contributed by atoms with Crippen molar-refractivity contribution in [3.63, 3.8) is 0 Å². The van der Waals surface area contributed by atoms with Gasteiger partial charge in [0, 0.05) is 26.2 Å². The summed E-state index contributed by atoms with van der Waals surface area (Å²) in [5.41, 5.74) is 0.358. The van der Waals surface area contributed by atoms with Crippen LogP contribution in [0.4, 0.5) is 5.13 Å². The Hall–Kier alpha value is -1.89. The van der Waals surface area contributed by atoms with Crippen molar-refractivity contribution >= 4 is 32.4 Å². The van der Waals surface area contributed by atoms with E-state index in [4.69, 9.17) is 4.52 Å². The van der Waals surface area contributed by atoms with Crippen molar-refractivity contribution in [3.8, 4) is 0 Å². The molecule has 142 valence electrons. The standard InChI is InChI=1S/C14H20N6O4S2/c1-9-13(10(2)24-18-9)26(22,23)20-6-4-19(5-7-20)8-12(21)15-14-17-16-11(3)25-14/h4-8H2,1-3H3,(H,15,17,21). The Bertz CT molecular complexity index is 879. The van der Waals surface area contributed by atoms with Gasteiger partial charge in [0.1, 0.15) is 15.6 Å². The minimum Gasteiger partial charge on any atom is -0.360 e. The summed E-state index contributed by atoms with van der Waals surface area (Å²) in [6.07, 6.45) is 0. The molecule has 2 aromatic heterocycles. The summed E-state index contributed by atoms with van der Waals surface area (Å²) in [5, 5.41) is 15.4. The van der Waals surface area contributed by atoms with Crippen molar-refractivity contribution in [2.75, 3.05) is 38.0 Å². The number of hydrogen-bond donors (Lipinski definition) is 1. The molecular formula is C14H20N6O4S2. The fraction of sp³-hybridized carbons (Fsp3) is 0.571. The van der Waals surface area contributed by atoms with Gasteiger partial charge in [-0.25, -0.2) is 8.42 Å². The maximum absolute atomic E-state index is 12.8. The van der Waals surface area contributed by atoms with E-state index in [0.717, 1.165) is 5.01 Å². The van der Waals surface area contributed by atoms with Crippen LogP contribution in [-0.4, -0.2) is 71.6 Å². The molecule has 1 fully saturated rings. The van der Waals surface area contributed by atoms with Crippen molar-refractivity contribution in [2.45, 2.75) is 25.7 Å². The Labute approximate surface area is 155 Å². The predicted molar refractivity (Wildman–Crippen MR) is 94.5 cm³/mol. The molecule has 1 amide bonds. The van der Waals surface area contributed by atoms with Gasteiger partial charge in [-0.1, -0.05) is 16.5 Å². The number of carbonyl (C=O) groups excluding carboxylic acids is 1. The average Bonchev–Trinajstić information content (AvgIpc) is 3.13. The fourth-order valence-corrected chi connectivity index (χ4v) is 5.13. The lowest BCUT2D eigenvalue weighted by Crippen LogP contribution is -2.50. The lowest BCUT2D eigenvalue weighted by atomic mass is 10.3. The highest BCUT2D eigenvalue weighted by molar-refractivity contribution is 7.89. The van der Waals surface area contributed by atoms with Gasteiger partial charge in [0.15, 0.2) is 5.76 Å². The molecule has 0 aliphatic carbocycles. The Morgan fingerprint density at radius 1 is 1.19 bits per heavy atom. The van der Waals surface area contributed by atoms with Crippen LogP contribution in [0.1, 0.15) is 16.5 Å². The van der Waals surface area contributed by atoms with Gasteiger partial charge in [0.05, 0.1) is 6.54 Å². The highest BCUT2D eigenvalue weighted by Crippen LogP contribution is 2.24. The van der Waals surface area contributed by atoms with Crippen LogP contribution in [0.2, 0.25) is 0 Å². The van der Waals surface area contributed by atoms with Crippen molar-refractivity contribution in [3.05, 3.63) is 16.5 Å². The third-order valence-corrected chi connectivity index (χ3v) is 6.93. The van der Waals surface area contributed by atoms with E-state index in [-0.39, 0.29) is 23.1 Å². The van der Waals surface area contributed by atoms with Crippen LogP contribution >= 0.6 is 11.3 Å². The summed E-state index contributed by atoms with van der Waals surface area (Å²) in [5.74, 6) is 0.0971. The summed E-state index contributed by atoms with van der Waals surface area (Å²) < 4.78 is 31.9. The molecule has 12 heteroatoms. The summed E-state index contributed by atoms with van der Waals surface area (Å²) in [4.78, 5) is 14.1. The number of aromatic nitrogens is 3. The third kappa shape index (κ3) is 3.92. The third-order valence-electron chi connectivity index (χ3n) is 4.04. The van der Waals surface area contributed by atoms with Crippen molar-refractivity contribution < 1.29 is 17.7 Å². The number of anilines is 1. The largest absolute Gasteiger partial charge is 0.360 e. The van der Waals surface area contributed by atoms with Crippen LogP contribution in [0.25, 0.3) is 0 Å². The van der Waals surface area contributed by atoms with E-state index in [1.54, 1.807) is 13.8 Å². The van der Waals surface area contributed by atoms with Crippen molar-refractivity contribution in [1.82, 2.24) is 24.6 Å². The molecule has 0 unspecified atom stereocenters. The van der Waals surface area contributed by atoms with E-state index in [2.05, 4.69) is 20.7 Å². The van der Waals surface area contributed by atoms with Crippen LogP contribution in [0, 0.1) is 20.8 Å². The van der Waals surface area contributed by atoms with E-state index >= 15 is 0 Å². The first-order valence-corrected chi connectivity index (χ1v) is 10.3. The number of piperazine rings is 1. The number of sulfonamides is 1. The summed E-state index contributed by atoms with van der Waals surface area (Å²) in [6.45, 7) is 6.72. The molecule has 0 spiro atoms. The molecule has 0 radical (unpaired) electrons. The SMILES string of the molecule is Cc1nnc(NC(=O)CN2CCN(S(=O)(=O)c3c(C)noc3C)CC2)s1. The molecule has 0 atom stereocenters. The molecule has 1 saturated heterocycles. The number of rotatable bonds is 5. The molecule has 1 aliphatic heterocycles. The molecule has 0 bridgehead atoms. The molecule has 3 rings (SSSR count). The van der Waals surface area contributed by atoms with Crippen LogP contribution in [0.3, 0.4) is 0 Å². The monoisotopic (exact) mass is 400 g/mol. The minimum atomic E-state index is -3.64. The van der Waals surface area contributed by atoms with Crippen LogP contribution in [0.5, 0.6) is 0 Å². The van der Waals surface area contributed by atoms with Gasteiger partial charge in [-0.05, 0) is 20.8 Å². The number of nitrogens with one attached hydrogen (secondary N) is 1. The van der Waals surface area contributed by atoms with E-state index in [9.17, 15) is 13.2 Å². The highest BCUT2D eigenvalue weighted by atomic mass is 32.2. The van der Waals surface area contributed by atoms with Crippen LogP contribution in [0.15, 0.2) is 9.42 Å². The Morgan fingerprint density at radius 3 is 2.42 bits per heavy atom. The number of aryl methyl sites for hydroxylation is 3. The van der Waals surface area contributed by atoms with E-state index < -0.39 is 10.0 Å². The molecule has 0 aromatic carbocycles. The summed E-state index contributed by atoms with van der Waals surface area (Å²) >= 11 is 1.31. The smallest absolute Gasteiger partial charge is 0.248 e. The molecular weight excluding hydrogens is 380 g/mol. The first-order valence-electron chi connectivity index (χ1n) is 8.02. The lowest BCUT2D eigenvalue weighted by molar-refractivity contribution is -0.117.